The minimum absolute atomic E-state index is 0.138. The van der Waals surface area contributed by atoms with Crippen molar-refractivity contribution in [2.24, 2.45) is 0 Å². The van der Waals surface area contributed by atoms with Crippen molar-refractivity contribution in [1.82, 2.24) is 29.4 Å². The number of aryl methyl sites for hydroxylation is 1. The van der Waals surface area contributed by atoms with Crippen molar-refractivity contribution in [2.45, 2.75) is 45.2 Å². The normalized spacial score (nSPS) is 24.2. The monoisotopic (exact) mass is 715 g/mol. The van der Waals surface area contributed by atoms with E-state index in [1.807, 2.05) is 6.20 Å². The topological polar surface area (TPSA) is 118 Å². The number of halogens is 1. The molecule has 2 fully saturated rings. The first-order chi connectivity index (χ1) is 20.8. The van der Waals surface area contributed by atoms with Crippen LogP contribution in [-0.4, -0.2) is 92.8 Å². The van der Waals surface area contributed by atoms with Gasteiger partial charge in [-0.15, -0.1) is 0 Å². The number of nitriles is 1. The van der Waals surface area contributed by atoms with Gasteiger partial charge in [0.1, 0.15) is 11.8 Å². The largest absolute Gasteiger partial charge is 0.452 e. The number of aromatic amines is 1. The van der Waals surface area contributed by atoms with Crippen LogP contribution in [-0.2, 0) is 17.8 Å². The lowest BCUT2D eigenvalue weighted by atomic mass is 10.1. The van der Waals surface area contributed by atoms with Gasteiger partial charge in [-0.2, -0.15) is 20.3 Å². The fraction of sp³-hybridized carbons (Fsp3) is 0.500. The van der Waals surface area contributed by atoms with Crippen LogP contribution in [0.2, 0.25) is 0 Å². The molecule has 0 saturated carbocycles. The number of benzene rings is 1. The number of carbonyl (C=O) groups is 1. The molecule has 1 amide bonds. The Morgan fingerprint density at radius 2 is 2.12 bits per heavy atom. The second kappa shape index (κ2) is 12.5. The third-order valence-corrected chi connectivity index (χ3v) is 15.6. The van der Waals surface area contributed by atoms with Gasteiger partial charge in [0, 0.05) is 49.4 Å². The maximum absolute atomic E-state index is 12.6. The van der Waals surface area contributed by atoms with Gasteiger partial charge in [0.05, 0.1) is 48.2 Å². The number of anilines is 2. The summed E-state index contributed by atoms with van der Waals surface area (Å²) in [6.07, 6.45) is 6.45. The van der Waals surface area contributed by atoms with Crippen LogP contribution >= 0.6 is 28.6 Å². The summed E-state index contributed by atoms with van der Waals surface area (Å²) in [6.45, 7) is 10.1. The molecule has 3 aromatic rings. The molecule has 6 rings (SSSR count). The lowest BCUT2D eigenvalue weighted by molar-refractivity contribution is -0.128. The third kappa shape index (κ3) is 5.88. The van der Waals surface area contributed by atoms with Crippen molar-refractivity contribution in [3.63, 3.8) is 0 Å². The van der Waals surface area contributed by atoms with Crippen LogP contribution in [0.1, 0.15) is 36.1 Å². The first-order valence-corrected chi connectivity index (χ1v) is 19.2. The number of aromatic nitrogens is 4. The van der Waals surface area contributed by atoms with Gasteiger partial charge in [0.2, 0.25) is 5.91 Å². The molecule has 0 radical (unpaired) electrons. The molecule has 1 aromatic carbocycles. The first-order valence-electron chi connectivity index (χ1n) is 14.8. The van der Waals surface area contributed by atoms with E-state index in [1.54, 1.807) is 4.90 Å². The zero-order valence-electron chi connectivity index (χ0n) is 24.8. The maximum atomic E-state index is 12.6. The highest BCUT2D eigenvalue weighted by Crippen LogP contribution is 2.62. The summed E-state index contributed by atoms with van der Waals surface area (Å²) in [5.41, 5.74) is 5.49. The van der Waals surface area contributed by atoms with Crippen LogP contribution in [0.4, 0.5) is 11.5 Å². The van der Waals surface area contributed by atoms with Gasteiger partial charge < -0.3 is 19.4 Å². The number of rotatable bonds is 7. The minimum Gasteiger partial charge on any atom is -0.452 e. The molecule has 2 saturated heterocycles. The quantitative estimate of drug-likeness (QED) is 0.280. The predicted molar refractivity (Wildman–Crippen MR) is 180 cm³/mol. The summed E-state index contributed by atoms with van der Waals surface area (Å²) >= 11 is 2.59. The molecule has 0 spiro atoms. The molecule has 3 aliphatic rings. The number of amides is 1. The Kier molecular flexibility index (Phi) is 8.70. The Labute approximate surface area is 266 Å². The third-order valence-electron chi connectivity index (χ3n) is 8.78. The molecule has 1 N–H and O–H groups in total. The Morgan fingerprint density at radius 1 is 1.26 bits per heavy atom. The molecule has 11 nitrogen and oxygen atoms in total. The van der Waals surface area contributed by atoms with E-state index in [9.17, 15) is 10.1 Å². The van der Waals surface area contributed by atoms with E-state index >= 15 is 0 Å². The highest BCUT2D eigenvalue weighted by molar-refractivity contribution is 14.2. The van der Waals surface area contributed by atoms with Crippen molar-refractivity contribution in [3.8, 4) is 12.1 Å². The molecule has 1 unspecified atom stereocenters. The number of piperazine rings is 1. The average Bonchev–Trinajstić information content (AvgIpc) is 3.55. The minimum atomic E-state index is -1.08. The number of H-pyrrole nitrogens is 1. The second-order valence-electron chi connectivity index (χ2n) is 11.5. The molecule has 228 valence electrons. The molecule has 43 heavy (non-hydrogen) atoms. The highest BCUT2D eigenvalue weighted by Gasteiger charge is 2.35. The first kappa shape index (κ1) is 30.0. The molecular weight excluding hydrogens is 677 g/mol. The average molecular weight is 716 g/mol. The van der Waals surface area contributed by atoms with Gasteiger partial charge in [0.15, 0.2) is 0 Å². The van der Waals surface area contributed by atoms with E-state index in [0.717, 1.165) is 59.7 Å². The zero-order valence-corrected chi connectivity index (χ0v) is 27.7. The van der Waals surface area contributed by atoms with Crippen LogP contribution in [0, 0.1) is 18.3 Å². The summed E-state index contributed by atoms with van der Waals surface area (Å²) in [5.74, 6) is 2.45. The van der Waals surface area contributed by atoms with Gasteiger partial charge in [-0.25, -0.2) is 0 Å². The van der Waals surface area contributed by atoms with E-state index in [-0.39, 0.29) is 18.4 Å². The summed E-state index contributed by atoms with van der Waals surface area (Å²) < 4.78 is 8.88. The number of ether oxygens (including phenoxy) is 1. The smallest absolute Gasteiger partial charge is 0.319 e. The van der Waals surface area contributed by atoms with Crippen molar-refractivity contribution in [2.75, 3.05) is 61.3 Å². The Morgan fingerprint density at radius 3 is 2.88 bits per heavy atom. The Bertz CT molecular complexity index is 1570. The molecular formula is C30H38IN9O2S. The highest BCUT2D eigenvalue weighted by atomic mass is 127. The fourth-order valence-electron chi connectivity index (χ4n) is 6.49. The van der Waals surface area contributed by atoms with Crippen LogP contribution in [0.15, 0.2) is 31.0 Å². The number of hydrogen-bond donors (Lipinski definition) is 1. The summed E-state index contributed by atoms with van der Waals surface area (Å²) in [7, 11) is 1.10. The molecule has 3 aliphatic heterocycles. The van der Waals surface area contributed by atoms with Gasteiger partial charge in [-0.1, -0.05) is 20.0 Å². The molecule has 2 aromatic heterocycles. The number of hydrogen-bond acceptors (Lipinski definition) is 9. The molecule has 0 aliphatic carbocycles. The van der Waals surface area contributed by atoms with Crippen LogP contribution < -0.4 is 14.5 Å². The second-order valence-corrected chi connectivity index (χ2v) is 19.1. The van der Waals surface area contributed by atoms with Crippen LogP contribution in [0.25, 0.3) is 10.9 Å². The lowest BCUT2D eigenvalue weighted by Gasteiger charge is -2.41. The molecule has 5 heterocycles. The van der Waals surface area contributed by atoms with Crippen LogP contribution in [0.3, 0.4) is 0 Å². The fourth-order valence-corrected chi connectivity index (χ4v) is 10.3. The number of fused-ring (bicyclic) bond motifs is 2. The zero-order chi connectivity index (χ0) is 30.1. The van der Waals surface area contributed by atoms with Crippen molar-refractivity contribution < 1.29 is 9.53 Å². The van der Waals surface area contributed by atoms with E-state index in [0.29, 0.717) is 38.1 Å². The molecule has 2 atom stereocenters. The maximum Gasteiger partial charge on any atom is 0.319 e. The summed E-state index contributed by atoms with van der Waals surface area (Å²) in [5, 5.41) is 18.1. The van der Waals surface area contributed by atoms with Gasteiger partial charge in [-0.3, -0.25) is 14.2 Å². The van der Waals surface area contributed by atoms with E-state index in [4.69, 9.17) is 14.7 Å². The van der Waals surface area contributed by atoms with E-state index in [1.165, 1.54) is 23.7 Å². The number of carbonyl (C=O) groups excluding carboxylic acids is 1. The number of nitrogens with one attached hydrogen (secondary N) is 1. The van der Waals surface area contributed by atoms with Gasteiger partial charge in [0.25, 0.3) is 0 Å². The van der Waals surface area contributed by atoms with Gasteiger partial charge >= 0.3 is 6.01 Å². The summed E-state index contributed by atoms with van der Waals surface area (Å²) in [6, 6.07) is 6.66. The standard InChI is InChI=1S/C30H38IN9O2S/c1-4-27(41)40-15-14-39(18-22(40)10-11-32)29-23-7-5-13-38(28-21(2)8-9-25-24(28)17-33-36-25)19-26(23)34-30(35-29)42-20-43(31)16-6-12-37(43)3/h4,8-9,17,22H,1,5-7,10,12-16,18-20H2,2-3H3,(H,33,36)/t22-/m0/s1. The van der Waals surface area contributed by atoms with E-state index < -0.39 is 7.39 Å². The predicted octanol–water partition coefficient (Wildman–Crippen LogP) is 4.47. The Balaban J connectivity index is 1.37. The lowest BCUT2D eigenvalue weighted by Crippen LogP contribution is -2.55. The van der Waals surface area contributed by atoms with Crippen molar-refractivity contribution >= 4 is 56.9 Å². The van der Waals surface area contributed by atoms with Gasteiger partial charge in [-0.05, 0) is 72.1 Å². The SMILES string of the molecule is C=CC(=O)N1CCN(c2nc(OCS3(I)CCCN3C)nc3c2CCCN(c2c(C)ccc4[nH]ncc24)C3)C[C@@H]1CC#N. The number of nitrogens with zero attached hydrogens (tertiary/aromatic N) is 8. The molecule has 13 heteroatoms. The van der Waals surface area contributed by atoms with Crippen LogP contribution in [0.5, 0.6) is 6.01 Å². The molecule has 0 bridgehead atoms. The van der Waals surface area contributed by atoms with E-state index in [2.05, 4.69) is 84.3 Å². The van der Waals surface area contributed by atoms with Crippen molar-refractivity contribution in [3.05, 3.63) is 47.8 Å². The Hall–Kier alpha value is -3.09. The van der Waals surface area contributed by atoms with Crippen molar-refractivity contribution in [1.29, 1.82) is 5.26 Å². The summed E-state index contributed by atoms with van der Waals surface area (Å²) in [4.78, 5) is 29.1.